The van der Waals surface area contributed by atoms with Crippen LogP contribution < -0.4 is 0 Å². The van der Waals surface area contributed by atoms with E-state index in [0.717, 1.165) is 5.84 Å². The lowest BCUT2D eigenvalue weighted by Crippen LogP contribution is -2.45. The van der Waals surface area contributed by atoms with Gasteiger partial charge in [-0.15, -0.1) is 0 Å². The first-order chi connectivity index (χ1) is 4.74. The molecule has 0 spiro atoms. The SMILES string of the molecule is CO[Si](C=[N+]=[N-])(OC)OC. The average Bonchev–Trinajstić information content (AvgIpc) is 2.01. The molecule has 0 aliphatic heterocycles. The van der Waals surface area contributed by atoms with Crippen LogP contribution >= 0.6 is 0 Å². The Balaban J connectivity index is 4.29. The van der Waals surface area contributed by atoms with Gasteiger partial charge in [0.1, 0.15) is 0 Å². The van der Waals surface area contributed by atoms with Gasteiger partial charge in [-0.3, -0.25) is 0 Å². The lowest BCUT2D eigenvalue weighted by molar-refractivity contribution is -0.00228. The summed E-state index contributed by atoms with van der Waals surface area (Å²) in [6, 6.07) is 0. The standard InChI is InChI=1S/C4H10N2O3Si/c1-7-10(8-2,9-3)4-6-5/h4H,1-3H3. The van der Waals surface area contributed by atoms with Crippen LogP contribution in [-0.4, -0.2) is 40.8 Å². The van der Waals surface area contributed by atoms with Gasteiger partial charge in [-0.1, -0.05) is 0 Å². The normalized spacial score (nSPS) is 10.7. The maximum absolute atomic E-state index is 8.16. The highest BCUT2D eigenvalue weighted by Crippen LogP contribution is 1.99. The second kappa shape index (κ2) is 4.32. The first-order valence-corrected chi connectivity index (χ1v) is 4.39. The van der Waals surface area contributed by atoms with Crippen LogP contribution in [0.25, 0.3) is 5.53 Å². The van der Waals surface area contributed by atoms with Gasteiger partial charge in [0.05, 0.1) is 0 Å². The van der Waals surface area contributed by atoms with Crippen LogP contribution in [-0.2, 0) is 13.3 Å². The highest BCUT2D eigenvalue weighted by molar-refractivity contribution is 6.86. The molecule has 0 N–H and O–H groups in total. The summed E-state index contributed by atoms with van der Waals surface area (Å²) >= 11 is 0. The van der Waals surface area contributed by atoms with Crippen LogP contribution in [0.2, 0.25) is 0 Å². The maximum Gasteiger partial charge on any atom is 0.615 e. The Bertz CT molecular complexity index is 133. The topological polar surface area (TPSA) is 64.1 Å². The second-order valence-corrected chi connectivity index (χ2v) is 4.15. The zero-order chi connectivity index (χ0) is 8.04. The van der Waals surface area contributed by atoms with Crippen molar-refractivity contribution in [3.8, 4) is 0 Å². The summed E-state index contributed by atoms with van der Waals surface area (Å²) in [5.41, 5.74) is 8.16. The Morgan fingerprint density at radius 2 is 1.60 bits per heavy atom. The molecule has 0 radical (unpaired) electrons. The van der Waals surface area contributed by atoms with E-state index in [4.69, 9.17) is 18.8 Å². The molecule has 5 nitrogen and oxygen atoms in total. The van der Waals surface area contributed by atoms with Crippen molar-refractivity contribution in [3.63, 3.8) is 0 Å². The van der Waals surface area contributed by atoms with Crippen LogP contribution in [0.3, 0.4) is 0 Å². The van der Waals surface area contributed by atoms with E-state index in [1.165, 1.54) is 21.3 Å². The lowest BCUT2D eigenvalue weighted by atomic mass is 11.7. The summed E-state index contributed by atoms with van der Waals surface area (Å²) in [5, 5.41) is 0. The molecule has 0 amide bonds. The van der Waals surface area contributed by atoms with Crippen molar-refractivity contribution >= 4 is 14.6 Å². The minimum absolute atomic E-state index is 1.13. The third-order valence-corrected chi connectivity index (χ3v) is 3.21. The Morgan fingerprint density at radius 1 is 1.20 bits per heavy atom. The first kappa shape index (κ1) is 9.48. The number of hydrogen-bond acceptors (Lipinski definition) is 3. The Labute approximate surface area is 60.5 Å². The zero-order valence-electron chi connectivity index (χ0n) is 6.20. The third-order valence-electron chi connectivity index (χ3n) is 1.07. The van der Waals surface area contributed by atoms with Gasteiger partial charge in [0.15, 0.2) is 0 Å². The summed E-state index contributed by atoms with van der Waals surface area (Å²) in [7, 11) is 1.54. The molecule has 0 unspecified atom stereocenters. The summed E-state index contributed by atoms with van der Waals surface area (Å²) in [5.74, 6) is 1.13. The van der Waals surface area contributed by atoms with Gasteiger partial charge in [0.25, 0.3) is 0 Å². The molecule has 0 aliphatic carbocycles. The van der Waals surface area contributed by atoms with E-state index in [-0.39, 0.29) is 0 Å². The van der Waals surface area contributed by atoms with Gasteiger partial charge in [0, 0.05) is 21.3 Å². The van der Waals surface area contributed by atoms with E-state index in [1.54, 1.807) is 0 Å². The van der Waals surface area contributed by atoms with Gasteiger partial charge in [-0.25, -0.2) is 0 Å². The molecule has 0 atom stereocenters. The third kappa shape index (κ3) is 2.01. The maximum atomic E-state index is 8.16. The molecule has 0 heterocycles. The zero-order valence-corrected chi connectivity index (χ0v) is 7.20. The molecular weight excluding hydrogens is 152 g/mol. The number of nitrogens with zero attached hydrogens (tertiary/aromatic N) is 2. The highest BCUT2D eigenvalue weighted by Gasteiger charge is 2.42. The second-order valence-electron chi connectivity index (χ2n) is 1.46. The Kier molecular flexibility index (Phi) is 4.09. The van der Waals surface area contributed by atoms with E-state index >= 15 is 0 Å². The summed E-state index contributed by atoms with van der Waals surface area (Å²) in [6.45, 7) is 0. The number of hydrogen-bond donors (Lipinski definition) is 0. The molecular formula is C4H10N2O3Si. The van der Waals surface area contributed by atoms with Crippen molar-refractivity contribution in [2.75, 3.05) is 21.3 Å². The fourth-order valence-corrected chi connectivity index (χ4v) is 1.44. The quantitative estimate of drug-likeness (QED) is 0.247. The molecule has 6 heteroatoms. The average molecular weight is 162 g/mol. The summed E-state index contributed by atoms with van der Waals surface area (Å²) in [6.07, 6.45) is 0. The fraction of sp³-hybridized carbons (Fsp3) is 0.750. The highest BCUT2D eigenvalue weighted by atomic mass is 28.4. The van der Waals surface area contributed by atoms with Crippen LogP contribution in [0.4, 0.5) is 0 Å². The molecule has 0 aromatic heterocycles. The van der Waals surface area contributed by atoms with E-state index in [9.17, 15) is 0 Å². The summed E-state index contributed by atoms with van der Waals surface area (Å²) in [4.78, 5) is 2.78. The van der Waals surface area contributed by atoms with Gasteiger partial charge >= 0.3 is 14.6 Å². The van der Waals surface area contributed by atoms with E-state index in [0.29, 0.717) is 0 Å². The van der Waals surface area contributed by atoms with E-state index < -0.39 is 8.80 Å². The van der Waals surface area contributed by atoms with E-state index in [1.807, 2.05) is 0 Å². The molecule has 0 bridgehead atoms. The van der Waals surface area contributed by atoms with Crippen LogP contribution in [0.1, 0.15) is 0 Å². The number of rotatable bonds is 4. The minimum atomic E-state index is -2.76. The predicted octanol–water partition coefficient (Wildman–Crippen LogP) is -0.296. The largest absolute Gasteiger partial charge is 0.615 e. The van der Waals surface area contributed by atoms with Crippen LogP contribution in [0.15, 0.2) is 0 Å². The Hall–Kier alpha value is -0.523. The fourth-order valence-electron chi connectivity index (χ4n) is 0.479. The van der Waals surface area contributed by atoms with Gasteiger partial charge in [-0.2, -0.15) is 4.79 Å². The van der Waals surface area contributed by atoms with Crippen molar-refractivity contribution < 1.29 is 18.1 Å². The van der Waals surface area contributed by atoms with Crippen LogP contribution in [0.5, 0.6) is 0 Å². The molecule has 10 heavy (non-hydrogen) atoms. The van der Waals surface area contributed by atoms with Crippen molar-refractivity contribution in [1.29, 1.82) is 0 Å². The van der Waals surface area contributed by atoms with Crippen molar-refractivity contribution in [2.45, 2.75) is 0 Å². The molecule has 0 fully saturated rings. The minimum Gasteiger partial charge on any atom is -0.370 e. The molecule has 58 valence electrons. The molecule has 0 aliphatic rings. The lowest BCUT2D eigenvalue weighted by Gasteiger charge is -2.14. The molecule has 0 saturated carbocycles. The molecule has 0 saturated heterocycles. The molecule has 0 rings (SSSR count). The summed E-state index contributed by atoms with van der Waals surface area (Å²) < 4.78 is 14.6. The van der Waals surface area contributed by atoms with Crippen molar-refractivity contribution in [1.82, 2.24) is 0 Å². The first-order valence-electron chi connectivity index (χ1n) is 2.58. The van der Waals surface area contributed by atoms with Gasteiger partial charge in [-0.05, 0) is 0 Å². The van der Waals surface area contributed by atoms with Crippen molar-refractivity contribution in [3.05, 3.63) is 5.53 Å². The predicted molar refractivity (Wildman–Crippen MR) is 36.5 cm³/mol. The van der Waals surface area contributed by atoms with E-state index in [2.05, 4.69) is 4.79 Å². The monoisotopic (exact) mass is 162 g/mol. The van der Waals surface area contributed by atoms with Gasteiger partial charge in [0.2, 0.25) is 0 Å². The van der Waals surface area contributed by atoms with Crippen LogP contribution in [0, 0.1) is 0 Å². The smallest absolute Gasteiger partial charge is 0.370 e. The molecule has 0 aromatic carbocycles. The molecule has 0 aromatic rings. The Morgan fingerprint density at radius 3 is 1.70 bits per heavy atom. The van der Waals surface area contributed by atoms with Crippen molar-refractivity contribution in [2.24, 2.45) is 0 Å². The van der Waals surface area contributed by atoms with Gasteiger partial charge < -0.3 is 18.8 Å².